The molecule has 0 spiro atoms. The Bertz CT molecular complexity index is 828. The summed E-state index contributed by atoms with van der Waals surface area (Å²) in [4.78, 5) is 39.7. The molecule has 7 heteroatoms. The van der Waals surface area contributed by atoms with Gasteiger partial charge < -0.3 is 4.74 Å². The minimum atomic E-state index is -0.882. The quantitative estimate of drug-likeness (QED) is 0.860. The van der Waals surface area contributed by atoms with Crippen molar-refractivity contribution in [3.05, 3.63) is 46.0 Å². The number of nitrogens with zero attached hydrogens (tertiary/aromatic N) is 1. The van der Waals surface area contributed by atoms with E-state index in [1.807, 2.05) is 19.1 Å². The molecule has 1 aliphatic rings. The maximum Gasteiger partial charge on any atom is 0.339 e. The van der Waals surface area contributed by atoms with Gasteiger partial charge in [0.2, 0.25) is 0 Å². The third-order valence-electron chi connectivity index (χ3n) is 3.64. The van der Waals surface area contributed by atoms with E-state index in [-0.39, 0.29) is 12.2 Å². The Morgan fingerprint density at radius 1 is 1.42 bits per heavy atom. The number of esters is 1. The minimum absolute atomic E-state index is 0.00582. The molecule has 1 unspecified atom stereocenters. The van der Waals surface area contributed by atoms with Gasteiger partial charge in [0, 0.05) is 18.2 Å². The Kier molecular flexibility index (Phi) is 4.44. The lowest BCUT2D eigenvalue weighted by molar-refractivity contribution is -0.125. The summed E-state index contributed by atoms with van der Waals surface area (Å²) in [5.74, 6) is -0.902. The van der Waals surface area contributed by atoms with E-state index in [2.05, 4.69) is 10.3 Å². The highest BCUT2D eigenvalue weighted by Gasteiger charge is 2.31. The number of amides is 1. The second kappa shape index (κ2) is 6.52. The number of thiazole rings is 1. The number of cyclic esters (lactones) is 1. The molecule has 0 saturated heterocycles. The first-order chi connectivity index (χ1) is 11.4. The predicted octanol–water partition coefficient (Wildman–Crippen LogP) is 2.30. The normalized spacial score (nSPS) is 16.2. The Balaban J connectivity index is 1.70. The van der Waals surface area contributed by atoms with Crippen LogP contribution in [0, 0.1) is 6.92 Å². The van der Waals surface area contributed by atoms with E-state index in [0.717, 1.165) is 11.1 Å². The van der Waals surface area contributed by atoms with Crippen LogP contribution in [0.25, 0.3) is 0 Å². The predicted molar refractivity (Wildman–Crippen MR) is 89.2 cm³/mol. The molecule has 24 heavy (non-hydrogen) atoms. The third kappa shape index (κ3) is 3.51. The number of anilines is 1. The van der Waals surface area contributed by atoms with Crippen molar-refractivity contribution in [2.45, 2.75) is 32.8 Å². The Hall–Kier alpha value is -2.54. The fourth-order valence-electron chi connectivity index (χ4n) is 2.53. The zero-order valence-corrected chi connectivity index (χ0v) is 14.1. The Labute approximate surface area is 142 Å². The fourth-order valence-corrected chi connectivity index (χ4v) is 3.24. The van der Waals surface area contributed by atoms with E-state index in [1.165, 1.54) is 18.3 Å². The molecule has 2 heterocycles. The average molecular weight is 344 g/mol. The van der Waals surface area contributed by atoms with Crippen LogP contribution in [-0.4, -0.2) is 28.7 Å². The molecule has 3 rings (SSSR count). The van der Waals surface area contributed by atoms with Crippen molar-refractivity contribution in [2.75, 3.05) is 5.32 Å². The summed E-state index contributed by atoms with van der Waals surface area (Å²) in [5, 5.41) is 4.76. The zero-order chi connectivity index (χ0) is 17.3. The smallest absolute Gasteiger partial charge is 0.339 e. The number of hydrogen-bond acceptors (Lipinski definition) is 6. The molecule has 124 valence electrons. The molecule has 1 aromatic carbocycles. The lowest BCUT2D eigenvalue weighted by Crippen LogP contribution is -2.38. The number of ketones is 1. The summed E-state index contributed by atoms with van der Waals surface area (Å²) in [6.07, 6.45) is -0.316. The van der Waals surface area contributed by atoms with Crippen LogP contribution in [0.2, 0.25) is 0 Å². The van der Waals surface area contributed by atoms with Crippen molar-refractivity contribution >= 4 is 34.1 Å². The molecule has 1 aliphatic heterocycles. The van der Waals surface area contributed by atoms with Crippen LogP contribution in [0.4, 0.5) is 5.13 Å². The van der Waals surface area contributed by atoms with E-state index in [9.17, 15) is 14.4 Å². The molecule has 1 aromatic heterocycles. The van der Waals surface area contributed by atoms with Gasteiger partial charge in [-0.2, -0.15) is 0 Å². The second-order valence-electron chi connectivity index (χ2n) is 5.77. The lowest BCUT2D eigenvalue weighted by atomic mass is 9.96. The van der Waals surface area contributed by atoms with Crippen molar-refractivity contribution in [1.82, 2.24) is 4.98 Å². The average Bonchev–Trinajstić information content (AvgIpc) is 2.94. The number of carbonyl (C=O) groups excluding carboxylic acids is 3. The first-order valence-corrected chi connectivity index (χ1v) is 8.35. The molecule has 0 radical (unpaired) electrons. The highest BCUT2D eigenvalue weighted by Crippen LogP contribution is 2.23. The van der Waals surface area contributed by atoms with E-state index in [4.69, 9.17) is 4.74 Å². The number of ether oxygens (including phenoxy) is 1. The molecule has 1 atom stereocenters. The summed E-state index contributed by atoms with van der Waals surface area (Å²) in [7, 11) is 0. The second-order valence-corrected chi connectivity index (χ2v) is 6.63. The third-order valence-corrected chi connectivity index (χ3v) is 4.45. The molecule has 0 aliphatic carbocycles. The highest BCUT2D eigenvalue weighted by molar-refractivity contribution is 7.13. The van der Waals surface area contributed by atoms with E-state index in [1.54, 1.807) is 11.4 Å². The summed E-state index contributed by atoms with van der Waals surface area (Å²) < 4.78 is 5.24. The standard InChI is InChI=1S/C17H16N2O4S/c1-9-3-4-11-7-14(23-16(22)13(11)5-9)15(21)19-17-18-12(8-24-17)6-10(2)20/h3-5,8,14H,6-7H2,1-2H3,(H,18,19,21). The van der Waals surface area contributed by atoms with Gasteiger partial charge in [-0.1, -0.05) is 17.7 Å². The van der Waals surface area contributed by atoms with Crippen LogP contribution < -0.4 is 5.32 Å². The molecular formula is C17H16N2O4S. The highest BCUT2D eigenvalue weighted by atomic mass is 32.1. The number of nitrogens with one attached hydrogen (secondary N) is 1. The molecule has 6 nitrogen and oxygen atoms in total. The van der Waals surface area contributed by atoms with Gasteiger partial charge >= 0.3 is 5.97 Å². The molecule has 2 aromatic rings. The molecule has 0 saturated carbocycles. The topological polar surface area (TPSA) is 85.4 Å². The SMILES string of the molecule is CC(=O)Cc1csc(NC(=O)C2Cc3ccc(C)cc3C(=O)O2)n1. The van der Waals surface area contributed by atoms with Crippen LogP contribution in [-0.2, 0) is 27.2 Å². The number of benzene rings is 1. The fraction of sp³-hybridized carbons (Fsp3) is 0.294. The first-order valence-electron chi connectivity index (χ1n) is 7.47. The summed E-state index contributed by atoms with van der Waals surface area (Å²) in [6, 6.07) is 5.52. The van der Waals surface area contributed by atoms with Crippen molar-refractivity contribution in [3.8, 4) is 0 Å². The maximum atomic E-state index is 12.3. The van der Waals surface area contributed by atoms with Gasteiger partial charge in [0.1, 0.15) is 5.78 Å². The van der Waals surface area contributed by atoms with Gasteiger partial charge in [-0.3, -0.25) is 14.9 Å². The lowest BCUT2D eigenvalue weighted by Gasteiger charge is -2.23. The number of Topliss-reactive ketones (excluding diaryl/α,β-unsaturated/α-hetero) is 1. The van der Waals surface area contributed by atoms with Gasteiger partial charge in [0.15, 0.2) is 11.2 Å². The Morgan fingerprint density at radius 2 is 2.21 bits per heavy atom. The van der Waals surface area contributed by atoms with Crippen molar-refractivity contribution in [3.63, 3.8) is 0 Å². The number of rotatable bonds is 4. The number of carbonyl (C=O) groups is 3. The summed E-state index contributed by atoms with van der Waals surface area (Å²) in [6.45, 7) is 3.38. The Morgan fingerprint density at radius 3 is 2.96 bits per heavy atom. The van der Waals surface area contributed by atoms with Crippen LogP contribution in [0.15, 0.2) is 23.6 Å². The van der Waals surface area contributed by atoms with Gasteiger partial charge in [0.05, 0.1) is 11.3 Å². The monoisotopic (exact) mass is 344 g/mol. The number of hydrogen-bond donors (Lipinski definition) is 1. The summed E-state index contributed by atoms with van der Waals surface area (Å²) in [5.41, 5.74) is 2.89. The van der Waals surface area contributed by atoms with E-state index in [0.29, 0.717) is 22.8 Å². The zero-order valence-electron chi connectivity index (χ0n) is 13.3. The molecule has 0 fully saturated rings. The van der Waals surface area contributed by atoms with Crippen molar-refractivity contribution in [1.29, 1.82) is 0 Å². The molecule has 1 amide bonds. The van der Waals surface area contributed by atoms with Gasteiger partial charge in [-0.05, 0) is 25.5 Å². The van der Waals surface area contributed by atoms with E-state index >= 15 is 0 Å². The molecular weight excluding hydrogens is 328 g/mol. The van der Waals surface area contributed by atoms with Crippen LogP contribution in [0.5, 0.6) is 0 Å². The summed E-state index contributed by atoms with van der Waals surface area (Å²) >= 11 is 1.24. The number of aryl methyl sites for hydroxylation is 1. The van der Waals surface area contributed by atoms with Crippen molar-refractivity contribution in [2.24, 2.45) is 0 Å². The van der Waals surface area contributed by atoms with Crippen LogP contribution in [0.1, 0.15) is 34.1 Å². The van der Waals surface area contributed by atoms with Gasteiger partial charge in [-0.25, -0.2) is 9.78 Å². The first kappa shape index (κ1) is 16.3. The van der Waals surface area contributed by atoms with Gasteiger partial charge in [0.25, 0.3) is 5.91 Å². The van der Waals surface area contributed by atoms with Gasteiger partial charge in [-0.15, -0.1) is 11.3 Å². The van der Waals surface area contributed by atoms with Crippen molar-refractivity contribution < 1.29 is 19.1 Å². The van der Waals surface area contributed by atoms with E-state index < -0.39 is 18.0 Å². The maximum absolute atomic E-state index is 12.3. The molecule has 1 N–H and O–H groups in total. The van der Waals surface area contributed by atoms with Crippen LogP contribution >= 0.6 is 11.3 Å². The number of fused-ring (bicyclic) bond motifs is 1. The largest absolute Gasteiger partial charge is 0.448 e. The molecule has 0 bridgehead atoms. The minimum Gasteiger partial charge on any atom is -0.448 e. The van der Waals surface area contributed by atoms with Crippen LogP contribution in [0.3, 0.4) is 0 Å². The number of aromatic nitrogens is 1.